The minimum atomic E-state index is -0.195. The molecule has 0 heterocycles. The Bertz CT molecular complexity index is 984. The lowest BCUT2D eigenvalue weighted by Crippen LogP contribution is -2.20. The molecule has 0 spiro atoms. The Kier molecular flexibility index (Phi) is 5.53. The van der Waals surface area contributed by atoms with Gasteiger partial charge in [-0.1, -0.05) is 36.4 Å². The highest BCUT2D eigenvalue weighted by molar-refractivity contribution is 5.92. The molecule has 0 aliphatic rings. The number of hydrogen-bond donors (Lipinski definition) is 1. The predicted molar refractivity (Wildman–Crippen MR) is 107 cm³/mol. The van der Waals surface area contributed by atoms with Gasteiger partial charge in [0.2, 0.25) is 0 Å². The van der Waals surface area contributed by atoms with E-state index in [0.717, 1.165) is 27.9 Å². The Hall–Kier alpha value is -3.58. The topological polar surface area (TPSA) is 62.1 Å². The number of nitriles is 1. The Balaban J connectivity index is 1.59. The van der Waals surface area contributed by atoms with Crippen molar-refractivity contribution in [1.29, 1.82) is 5.26 Å². The summed E-state index contributed by atoms with van der Waals surface area (Å²) in [5.41, 5.74) is 5.66. The average molecular weight is 356 g/mol. The zero-order valence-corrected chi connectivity index (χ0v) is 15.3. The van der Waals surface area contributed by atoms with Gasteiger partial charge in [0, 0.05) is 5.69 Å². The second kappa shape index (κ2) is 8.20. The van der Waals surface area contributed by atoms with E-state index < -0.39 is 0 Å². The molecule has 0 aliphatic heterocycles. The molecule has 27 heavy (non-hydrogen) atoms. The van der Waals surface area contributed by atoms with Crippen LogP contribution < -0.4 is 10.1 Å². The number of amides is 1. The van der Waals surface area contributed by atoms with E-state index in [4.69, 9.17) is 10.00 Å². The number of hydrogen-bond acceptors (Lipinski definition) is 3. The minimum absolute atomic E-state index is 0.0520. The predicted octanol–water partition coefficient (Wildman–Crippen LogP) is 4.86. The Morgan fingerprint density at radius 2 is 1.59 bits per heavy atom. The van der Waals surface area contributed by atoms with Crippen LogP contribution in [0.15, 0.2) is 66.7 Å². The third kappa shape index (κ3) is 4.53. The van der Waals surface area contributed by atoms with Crippen LogP contribution in [0.4, 0.5) is 5.69 Å². The van der Waals surface area contributed by atoms with Gasteiger partial charge < -0.3 is 10.1 Å². The molecule has 1 amide bonds. The van der Waals surface area contributed by atoms with Gasteiger partial charge in [0.25, 0.3) is 5.91 Å². The number of carbonyl (C=O) groups excluding carboxylic acids is 1. The first-order chi connectivity index (χ1) is 13.1. The van der Waals surface area contributed by atoms with Crippen molar-refractivity contribution in [2.24, 2.45) is 0 Å². The van der Waals surface area contributed by atoms with Crippen molar-refractivity contribution in [2.45, 2.75) is 13.8 Å². The zero-order valence-electron chi connectivity index (χ0n) is 15.3. The van der Waals surface area contributed by atoms with Crippen LogP contribution in [0.25, 0.3) is 11.1 Å². The molecule has 3 aromatic rings. The quantitative estimate of drug-likeness (QED) is 0.710. The lowest BCUT2D eigenvalue weighted by molar-refractivity contribution is -0.118. The van der Waals surface area contributed by atoms with Gasteiger partial charge in [-0.15, -0.1) is 0 Å². The summed E-state index contributed by atoms with van der Waals surface area (Å²) < 4.78 is 5.58. The van der Waals surface area contributed by atoms with Crippen molar-refractivity contribution in [3.63, 3.8) is 0 Å². The van der Waals surface area contributed by atoms with Gasteiger partial charge in [-0.3, -0.25) is 4.79 Å². The first-order valence-electron chi connectivity index (χ1n) is 8.66. The first kappa shape index (κ1) is 18.2. The second-order valence-electron chi connectivity index (χ2n) is 6.30. The van der Waals surface area contributed by atoms with E-state index in [2.05, 4.69) is 11.4 Å². The van der Waals surface area contributed by atoms with E-state index in [1.165, 1.54) is 0 Å². The summed E-state index contributed by atoms with van der Waals surface area (Å²) in [6.45, 7) is 3.94. The minimum Gasteiger partial charge on any atom is -0.484 e. The highest BCUT2D eigenvalue weighted by Crippen LogP contribution is 2.23. The molecule has 0 saturated carbocycles. The molecule has 4 heteroatoms. The van der Waals surface area contributed by atoms with Crippen LogP contribution in [0, 0.1) is 25.2 Å². The van der Waals surface area contributed by atoms with Gasteiger partial charge in [-0.05, 0) is 66.4 Å². The van der Waals surface area contributed by atoms with Crippen molar-refractivity contribution >= 4 is 11.6 Å². The molecule has 3 aromatic carbocycles. The number of carbonyl (C=O) groups is 1. The maximum absolute atomic E-state index is 12.1. The van der Waals surface area contributed by atoms with Crippen molar-refractivity contribution in [3.8, 4) is 22.9 Å². The molecule has 0 saturated heterocycles. The molecule has 0 aromatic heterocycles. The van der Waals surface area contributed by atoms with Crippen molar-refractivity contribution in [2.75, 3.05) is 11.9 Å². The second-order valence-corrected chi connectivity index (χ2v) is 6.30. The highest BCUT2D eigenvalue weighted by Gasteiger charge is 2.07. The average Bonchev–Trinajstić information content (AvgIpc) is 2.70. The summed E-state index contributed by atoms with van der Waals surface area (Å²) in [5.74, 6) is 0.434. The van der Waals surface area contributed by atoms with E-state index in [-0.39, 0.29) is 12.5 Å². The van der Waals surface area contributed by atoms with Crippen LogP contribution in [0.2, 0.25) is 0 Å². The number of nitrogens with zero attached hydrogens (tertiary/aromatic N) is 1. The number of rotatable bonds is 5. The lowest BCUT2D eigenvalue weighted by Gasteiger charge is -2.11. The van der Waals surface area contributed by atoms with Gasteiger partial charge in [-0.2, -0.15) is 5.26 Å². The largest absolute Gasteiger partial charge is 0.484 e. The number of benzene rings is 3. The van der Waals surface area contributed by atoms with Gasteiger partial charge in [0.15, 0.2) is 6.61 Å². The normalized spacial score (nSPS) is 10.1. The molecule has 3 rings (SSSR count). The van der Waals surface area contributed by atoms with E-state index in [1.54, 1.807) is 12.1 Å². The maximum atomic E-state index is 12.1. The first-order valence-corrected chi connectivity index (χ1v) is 8.66. The Labute approximate surface area is 159 Å². The van der Waals surface area contributed by atoms with Gasteiger partial charge in [0.05, 0.1) is 11.6 Å². The molecule has 1 N–H and O–H groups in total. The molecule has 0 aliphatic carbocycles. The Morgan fingerprint density at radius 3 is 2.22 bits per heavy atom. The van der Waals surface area contributed by atoms with Crippen molar-refractivity contribution in [3.05, 3.63) is 83.4 Å². The molecular formula is C23H20N2O2. The van der Waals surface area contributed by atoms with Gasteiger partial charge in [-0.25, -0.2) is 0 Å². The molecule has 4 nitrogen and oxygen atoms in total. The Morgan fingerprint density at radius 1 is 0.963 bits per heavy atom. The summed E-state index contributed by atoms with van der Waals surface area (Å²) in [6, 6.07) is 22.8. The van der Waals surface area contributed by atoms with Crippen LogP contribution in [0.5, 0.6) is 5.75 Å². The summed E-state index contributed by atoms with van der Waals surface area (Å²) in [5, 5.41) is 11.7. The smallest absolute Gasteiger partial charge is 0.262 e. The SMILES string of the molecule is Cc1cccc(NC(=O)COc2ccc(-c3ccc(C#N)cc3)cc2)c1C. The summed E-state index contributed by atoms with van der Waals surface area (Å²) >= 11 is 0. The lowest BCUT2D eigenvalue weighted by atomic mass is 10.0. The summed E-state index contributed by atoms with van der Waals surface area (Å²) in [7, 11) is 0. The fourth-order valence-corrected chi connectivity index (χ4v) is 2.70. The van der Waals surface area contributed by atoms with E-state index in [1.807, 2.05) is 68.4 Å². The number of nitrogens with one attached hydrogen (secondary N) is 1. The third-order valence-corrected chi connectivity index (χ3v) is 4.45. The highest BCUT2D eigenvalue weighted by atomic mass is 16.5. The van der Waals surface area contributed by atoms with Crippen molar-refractivity contribution < 1.29 is 9.53 Å². The number of anilines is 1. The van der Waals surface area contributed by atoms with Gasteiger partial charge >= 0.3 is 0 Å². The fourth-order valence-electron chi connectivity index (χ4n) is 2.70. The van der Waals surface area contributed by atoms with Crippen LogP contribution in [-0.2, 0) is 4.79 Å². The summed E-state index contributed by atoms with van der Waals surface area (Å²) in [6.07, 6.45) is 0. The monoisotopic (exact) mass is 356 g/mol. The molecular weight excluding hydrogens is 336 g/mol. The molecule has 134 valence electrons. The third-order valence-electron chi connectivity index (χ3n) is 4.45. The molecule has 0 atom stereocenters. The van der Waals surface area contributed by atoms with Gasteiger partial charge in [0.1, 0.15) is 5.75 Å². The molecule has 0 bridgehead atoms. The van der Waals surface area contributed by atoms with E-state index in [9.17, 15) is 4.79 Å². The fraction of sp³-hybridized carbons (Fsp3) is 0.130. The van der Waals surface area contributed by atoms with Crippen LogP contribution in [0.3, 0.4) is 0 Å². The molecule has 0 fully saturated rings. The van der Waals surface area contributed by atoms with Crippen LogP contribution in [0.1, 0.15) is 16.7 Å². The van der Waals surface area contributed by atoms with E-state index >= 15 is 0 Å². The molecule has 0 unspecified atom stereocenters. The van der Waals surface area contributed by atoms with Crippen LogP contribution in [-0.4, -0.2) is 12.5 Å². The zero-order chi connectivity index (χ0) is 19.2. The number of ether oxygens (including phenoxy) is 1. The maximum Gasteiger partial charge on any atom is 0.262 e. The van der Waals surface area contributed by atoms with Crippen LogP contribution >= 0.6 is 0 Å². The summed E-state index contributed by atoms with van der Waals surface area (Å²) in [4.78, 5) is 12.1. The van der Waals surface area contributed by atoms with Crippen molar-refractivity contribution in [1.82, 2.24) is 0 Å². The van der Waals surface area contributed by atoms with E-state index in [0.29, 0.717) is 11.3 Å². The standard InChI is InChI=1S/C23H20N2O2/c1-16-4-3-5-22(17(16)2)25-23(26)15-27-21-12-10-20(11-13-21)19-8-6-18(14-24)7-9-19/h3-13H,15H2,1-2H3,(H,25,26). The molecule has 0 radical (unpaired) electrons. The number of aryl methyl sites for hydroxylation is 1.